The summed E-state index contributed by atoms with van der Waals surface area (Å²) in [5.74, 6) is 0.962. The minimum atomic E-state index is 0.770. The van der Waals surface area contributed by atoms with Gasteiger partial charge in [0.05, 0.1) is 6.61 Å². The normalized spacial score (nSPS) is 10.4. The molecular formula is C16H28N2O. The standard InChI is InChI=1S/C16H28N2O/c1-2-3-4-7-14-19-16-10-8-15(9-11-16)18-13-6-5-12-17/h8-11,18H,2-7,12-14,17H2,1H3. The fourth-order valence-corrected chi connectivity index (χ4v) is 1.89. The van der Waals surface area contributed by atoms with Crippen LogP contribution in [-0.2, 0) is 0 Å². The zero-order valence-corrected chi connectivity index (χ0v) is 12.2. The Labute approximate surface area is 117 Å². The Bertz CT molecular complexity index is 311. The van der Waals surface area contributed by atoms with Gasteiger partial charge in [-0.05, 0) is 50.1 Å². The number of ether oxygens (including phenoxy) is 1. The lowest BCUT2D eigenvalue weighted by atomic mass is 10.2. The van der Waals surface area contributed by atoms with Gasteiger partial charge in [0.2, 0.25) is 0 Å². The third kappa shape index (κ3) is 7.73. The Kier molecular flexibility index (Phi) is 8.90. The molecular weight excluding hydrogens is 236 g/mol. The molecule has 0 fully saturated rings. The van der Waals surface area contributed by atoms with Gasteiger partial charge in [-0.2, -0.15) is 0 Å². The first-order valence-corrected chi connectivity index (χ1v) is 7.53. The molecule has 0 amide bonds. The summed E-state index contributed by atoms with van der Waals surface area (Å²) in [4.78, 5) is 0. The molecule has 0 spiro atoms. The smallest absolute Gasteiger partial charge is 0.119 e. The average molecular weight is 264 g/mol. The van der Waals surface area contributed by atoms with Crippen LogP contribution in [0.2, 0.25) is 0 Å². The summed E-state index contributed by atoms with van der Waals surface area (Å²) >= 11 is 0. The van der Waals surface area contributed by atoms with E-state index in [1.165, 1.54) is 19.3 Å². The molecule has 0 atom stereocenters. The predicted molar refractivity (Wildman–Crippen MR) is 82.9 cm³/mol. The summed E-state index contributed by atoms with van der Waals surface area (Å²) in [5, 5.41) is 3.38. The van der Waals surface area contributed by atoms with Gasteiger partial charge in [-0.3, -0.25) is 0 Å². The summed E-state index contributed by atoms with van der Waals surface area (Å²) < 4.78 is 5.71. The van der Waals surface area contributed by atoms with E-state index in [0.717, 1.165) is 50.4 Å². The van der Waals surface area contributed by atoms with Crippen molar-refractivity contribution >= 4 is 5.69 Å². The number of hydrogen-bond acceptors (Lipinski definition) is 3. The molecule has 3 heteroatoms. The predicted octanol–water partition coefficient (Wildman–Crippen LogP) is 3.80. The van der Waals surface area contributed by atoms with Crippen molar-refractivity contribution < 1.29 is 4.74 Å². The van der Waals surface area contributed by atoms with Crippen LogP contribution in [0.4, 0.5) is 5.69 Å². The molecule has 1 rings (SSSR count). The highest BCUT2D eigenvalue weighted by atomic mass is 16.5. The van der Waals surface area contributed by atoms with E-state index in [1.54, 1.807) is 0 Å². The third-order valence-electron chi connectivity index (χ3n) is 3.08. The van der Waals surface area contributed by atoms with Crippen LogP contribution in [0.15, 0.2) is 24.3 Å². The number of unbranched alkanes of at least 4 members (excludes halogenated alkanes) is 4. The first-order chi connectivity index (χ1) is 9.36. The minimum Gasteiger partial charge on any atom is -0.494 e. The van der Waals surface area contributed by atoms with Crippen molar-refractivity contribution in [1.82, 2.24) is 0 Å². The molecule has 0 aromatic heterocycles. The van der Waals surface area contributed by atoms with Crippen LogP contribution in [0, 0.1) is 0 Å². The molecule has 0 unspecified atom stereocenters. The van der Waals surface area contributed by atoms with Crippen molar-refractivity contribution in [2.24, 2.45) is 5.73 Å². The van der Waals surface area contributed by atoms with E-state index < -0.39 is 0 Å². The van der Waals surface area contributed by atoms with Gasteiger partial charge in [-0.15, -0.1) is 0 Å². The number of hydrogen-bond donors (Lipinski definition) is 2. The second-order valence-electron chi connectivity index (χ2n) is 4.86. The van der Waals surface area contributed by atoms with Gasteiger partial charge in [0.15, 0.2) is 0 Å². The molecule has 3 nitrogen and oxygen atoms in total. The molecule has 0 heterocycles. The van der Waals surface area contributed by atoms with Crippen molar-refractivity contribution in [3.05, 3.63) is 24.3 Å². The van der Waals surface area contributed by atoms with E-state index in [-0.39, 0.29) is 0 Å². The average Bonchev–Trinajstić information content (AvgIpc) is 2.45. The number of rotatable bonds is 11. The van der Waals surface area contributed by atoms with Crippen LogP contribution in [-0.4, -0.2) is 19.7 Å². The molecule has 0 aliphatic heterocycles. The Morgan fingerprint density at radius 3 is 2.47 bits per heavy atom. The van der Waals surface area contributed by atoms with Crippen LogP contribution < -0.4 is 15.8 Å². The summed E-state index contributed by atoms with van der Waals surface area (Å²) in [6.07, 6.45) is 7.17. The van der Waals surface area contributed by atoms with Crippen molar-refractivity contribution in [2.75, 3.05) is 25.0 Å². The summed E-state index contributed by atoms with van der Waals surface area (Å²) in [6.45, 7) is 4.80. The van der Waals surface area contributed by atoms with Gasteiger partial charge in [0, 0.05) is 12.2 Å². The van der Waals surface area contributed by atoms with E-state index >= 15 is 0 Å². The highest BCUT2D eigenvalue weighted by Crippen LogP contribution is 2.16. The zero-order valence-electron chi connectivity index (χ0n) is 12.2. The summed E-state index contributed by atoms with van der Waals surface area (Å²) in [7, 11) is 0. The molecule has 108 valence electrons. The van der Waals surface area contributed by atoms with Gasteiger partial charge >= 0.3 is 0 Å². The van der Waals surface area contributed by atoms with E-state index in [0.29, 0.717) is 0 Å². The highest BCUT2D eigenvalue weighted by molar-refractivity contribution is 5.46. The molecule has 0 aliphatic rings. The van der Waals surface area contributed by atoms with Crippen LogP contribution in [0.5, 0.6) is 5.75 Å². The monoisotopic (exact) mass is 264 g/mol. The zero-order chi connectivity index (χ0) is 13.8. The Hall–Kier alpha value is -1.22. The SMILES string of the molecule is CCCCCCOc1ccc(NCCCCN)cc1. The molecule has 0 aliphatic carbocycles. The van der Waals surface area contributed by atoms with Crippen LogP contribution >= 0.6 is 0 Å². The first kappa shape index (κ1) is 15.8. The molecule has 1 aromatic rings. The van der Waals surface area contributed by atoms with E-state index in [1.807, 2.05) is 12.1 Å². The lowest BCUT2D eigenvalue weighted by molar-refractivity contribution is 0.305. The quantitative estimate of drug-likeness (QED) is 0.598. The third-order valence-corrected chi connectivity index (χ3v) is 3.08. The van der Waals surface area contributed by atoms with E-state index in [2.05, 4.69) is 24.4 Å². The van der Waals surface area contributed by atoms with Crippen molar-refractivity contribution in [1.29, 1.82) is 0 Å². The van der Waals surface area contributed by atoms with Crippen LogP contribution in [0.3, 0.4) is 0 Å². The molecule has 0 radical (unpaired) electrons. The number of nitrogens with two attached hydrogens (primary N) is 1. The molecule has 19 heavy (non-hydrogen) atoms. The van der Waals surface area contributed by atoms with E-state index in [4.69, 9.17) is 10.5 Å². The fourth-order valence-electron chi connectivity index (χ4n) is 1.89. The van der Waals surface area contributed by atoms with Crippen molar-refractivity contribution in [3.63, 3.8) is 0 Å². The Morgan fingerprint density at radius 1 is 1.00 bits per heavy atom. The molecule has 0 saturated carbocycles. The largest absolute Gasteiger partial charge is 0.494 e. The van der Waals surface area contributed by atoms with Gasteiger partial charge in [-0.1, -0.05) is 26.2 Å². The van der Waals surface area contributed by atoms with Gasteiger partial charge in [-0.25, -0.2) is 0 Å². The molecule has 0 bridgehead atoms. The van der Waals surface area contributed by atoms with Crippen LogP contribution in [0.25, 0.3) is 0 Å². The van der Waals surface area contributed by atoms with Crippen molar-refractivity contribution in [2.45, 2.75) is 45.4 Å². The number of nitrogens with one attached hydrogen (secondary N) is 1. The van der Waals surface area contributed by atoms with Gasteiger partial charge < -0.3 is 15.8 Å². The Balaban J connectivity index is 2.16. The highest BCUT2D eigenvalue weighted by Gasteiger charge is 1.95. The Morgan fingerprint density at radius 2 is 1.79 bits per heavy atom. The summed E-state index contributed by atoms with van der Waals surface area (Å²) in [6, 6.07) is 8.21. The van der Waals surface area contributed by atoms with E-state index in [9.17, 15) is 0 Å². The van der Waals surface area contributed by atoms with Crippen molar-refractivity contribution in [3.8, 4) is 5.75 Å². The molecule has 3 N–H and O–H groups in total. The molecule has 0 saturated heterocycles. The topological polar surface area (TPSA) is 47.3 Å². The number of benzene rings is 1. The maximum Gasteiger partial charge on any atom is 0.119 e. The van der Waals surface area contributed by atoms with Crippen LogP contribution in [0.1, 0.15) is 45.4 Å². The fraction of sp³-hybridized carbons (Fsp3) is 0.625. The lowest BCUT2D eigenvalue weighted by Gasteiger charge is -2.08. The maximum atomic E-state index is 5.71. The first-order valence-electron chi connectivity index (χ1n) is 7.53. The molecule has 1 aromatic carbocycles. The van der Waals surface area contributed by atoms with Gasteiger partial charge in [0.25, 0.3) is 0 Å². The maximum absolute atomic E-state index is 5.71. The lowest BCUT2D eigenvalue weighted by Crippen LogP contribution is -2.05. The summed E-state index contributed by atoms with van der Waals surface area (Å²) in [5.41, 5.74) is 6.61. The second kappa shape index (κ2) is 10.7. The number of anilines is 1. The van der Waals surface area contributed by atoms with Gasteiger partial charge in [0.1, 0.15) is 5.75 Å². The minimum absolute atomic E-state index is 0.770. The second-order valence-corrected chi connectivity index (χ2v) is 4.86.